The Bertz CT molecular complexity index is 1070. The lowest BCUT2D eigenvalue weighted by atomic mass is 10.2. The quantitative estimate of drug-likeness (QED) is 0.394. The summed E-state index contributed by atoms with van der Waals surface area (Å²) in [5.74, 6) is -0.535. The number of thioether (sulfide) groups is 1. The summed E-state index contributed by atoms with van der Waals surface area (Å²) < 4.78 is 14.6. The molecule has 0 aliphatic rings. The van der Waals surface area contributed by atoms with Crippen molar-refractivity contribution >= 4 is 35.0 Å². The van der Waals surface area contributed by atoms with Crippen molar-refractivity contribution in [2.45, 2.75) is 18.5 Å². The highest BCUT2D eigenvalue weighted by Gasteiger charge is 2.15. The zero-order valence-electron chi connectivity index (χ0n) is 16.3. The minimum Gasteiger partial charge on any atom is -0.506 e. The van der Waals surface area contributed by atoms with Gasteiger partial charge in [-0.05, 0) is 48.9 Å². The van der Waals surface area contributed by atoms with Crippen LogP contribution in [-0.4, -0.2) is 37.4 Å². The number of amides is 2. The SMILES string of the molecule is Cc1ccc(O)c(NC(=O)CSc2nnc(CC(=O)Nc3ccc(F)cc3)n2C)c1. The largest absolute Gasteiger partial charge is 0.506 e. The number of anilines is 2. The third-order valence-electron chi connectivity index (χ3n) is 4.13. The molecule has 0 unspecified atom stereocenters. The third kappa shape index (κ3) is 5.57. The number of nitrogens with one attached hydrogen (secondary N) is 2. The molecule has 0 radical (unpaired) electrons. The maximum absolute atomic E-state index is 12.9. The van der Waals surface area contributed by atoms with Crippen molar-refractivity contribution < 1.29 is 19.1 Å². The number of hydrogen-bond acceptors (Lipinski definition) is 6. The van der Waals surface area contributed by atoms with Crippen LogP contribution in [0.3, 0.4) is 0 Å². The van der Waals surface area contributed by atoms with E-state index < -0.39 is 0 Å². The van der Waals surface area contributed by atoms with E-state index in [1.54, 1.807) is 23.7 Å². The van der Waals surface area contributed by atoms with Crippen LogP contribution < -0.4 is 10.6 Å². The van der Waals surface area contributed by atoms with Gasteiger partial charge in [-0.3, -0.25) is 9.59 Å². The third-order valence-corrected chi connectivity index (χ3v) is 5.15. The number of rotatable bonds is 7. The molecule has 0 fully saturated rings. The van der Waals surface area contributed by atoms with Gasteiger partial charge in [-0.15, -0.1) is 10.2 Å². The fourth-order valence-corrected chi connectivity index (χ4v) is 3.30. The fraction of sp³-hybridized carbons (Fsp3) is 0.200. The van der Waals surface area contributed by atoms with Gasteiger partial charge in [0.05, 0.1) is 17.9 Å². The number of phenols is 1. The molecule has 3 N–H and O–H groups in total. The summed E-state index contributed by atoms with van der Waals surface area (Å²) in [5, 5.41) is 23.6. The molecular formula is C20H20FN5O3S. The van der Waals surface area contributed by atoms with Gasteiger partial charge in [0, 0.05) is 12.7 Å². The van der Waals surface area contributed by atoms with E-state index in [2.05, 4.69) is 20.8 Å². The molecular weight excluding hydrogens is 409 g/mol. The first-order valence-electron chi connectivity index (χ1n) is 8.98. The zero-order chi connectivity index (χ0) is 21.7. The van der Waals surface area contributed by atoms with Gasteiger partial charge in [0.15, 0.2) is 5.16 Å². The van der Waals surface area contributed by atoms with Crippen molar-refractivity contribution in [3.63, 3.8) is 0 Å². The van der Waals surface area contributed by atoms with Crippen LogP contribution in [0.5, 0.6) is 5.75 Å². The standard InChI is InChI=1S/C20H20FN5O3S/c1-12-3-8-16(27)15(9-12)23-19(29)11-30-20-25-24-17(26(20)2)10-18(28)22-14-6-4-13(21)5-7-14/h3-9,27H,10-11H2,1-2H3,(H,22,28)(H,23,29). The van der Waals surface area contributed by atoms with E-state index in [-0.39, 0.29) is 35.6 Å². The van der Waals surface area contributed by atoms with Crippen LogP contribution in [0.15, 0.2) is 47.6 Å². The van der Waals surface area contributed by atoms with Crippen LogP contribution >= 0.6 is 11.8 Å². The first-order valence-corrected chi connectivity index (χ1v) is 9.96. The second-order valence-electron chi connectivity index (χ2n) is 6.55. The van der Waals surface area contributed by atoms with E-state index in [1.807, 2.05) is 6.92 Å². The lowest BCUT2D eigenvalue weighted by Crippen LogP contribution is -2.17. The van der Waals surface area contributed by atoms with Crippen molar-refractivity contribution in [3.8, 4) is 5.75 Å². The van der Waals surface area contributed by atoms with E-state index >= 15 is 0 Å². The van der Waals surface area contributed by atoms with E-state index in [0.29, 0.717) is 22.4 Å². The van der Waals surface area contributed by atoms with Crippen LogP contribution in [0.4, 0.5) is 15.8 Å². The lowest BCUT2D eigenvalue weighted by Gasteiger charge is -2.08. The number of aromatic hydroxyl groups is 1. The highest BCUT2D eigenvalue weighted by Crippen LogP contribution is 2.24. The summed E-state index contributed by atoms with van der Waals surface area (Å²) >= 11 is 1.16. The first kappa shape index (κ1) is 21.3. The summed E-state index contributed by atoms with van der Waals surface area (Å²) in [6.45, 7) is 1.86. The number of benzene rings is 2. The molecule has 1 heterocycles. The normalized spacial score (nSPS) is 10.6. The Kier molecular flexibility index (Phi) is 6.68. The van der Waals surface area contributed by atoms with Gasteiger partial charge >= 0.3 is 0 Å². The second-order valence-corrected chi connectivity index (χ2v) is 7.49. The summed E-state index contributed by atoms with van der Waals surface area (Å²) in [6.07, 6.45) is -0.0230. The van der Waals surface area contributed by atoms with E-state index in [4.69, 9.17) is 0 Å². The van der Waals surface area contributed by atoms with E-state index in [0.717, 1.165) is 17.3 Å². The molecule has 0 aliphatic carbocycles. The predicted molar refractivity (Wildman–Crippen MR) is 112 cm³/mol. The Labute approximate surface area is 176 Å². The maximum Gasteiger partial charge on any atom is 0.234 e. The molecule has 0 spiro atoms. The molecule has 10 heteroatoms. The Morgan fingerprint density at radius 3 is 2.57 bits per heavy atom. The molecule has 0 saturated heterocycles. The summed E-state index contributed by atoms with van der Waals surface area (Å²) in [4.78, 5) is 24.4. The van der Waals surface area contributed by atoms with Gasteiger partial charge < -0.3 is 20.3 Å². The molecule has 2 aromatic carbocycles. The van der Waals surface area contributed by atoms with E-state index in [1.165, 1.54) is 30.3 Å². The molecule has 0 aliphatic heterocycles. The highest BCUT2D eigenvalue weighted by atomic mass is 32.2. The van der Waals surface area contributed by atoms with Crippen molar-refractivity contribution in [1.82, 2.24) is 14.8 Å². The number of hydrogen-bond donors (Lipinski definition) is 3. The Hall–Kier alpha value is -3.40. The number of halogens is 1. The summed E-state index contributed by atoms with van der Waals surface area (Å²) in [6, 6.07) is 10.4. The number of aryl methyl sites for hydroxylation is 1. The molecule has 3 rings (SSSR count). The fourth-order valence-electron chi connectivity index (χ4n) is 2.57. The highest BCUT2D eigenvalue weighted by molar-refractivity contribution is 7.99. The van der Waals surface area contributed by atoms with Gasteiger partial charge in [0.2, 0.25) is 11.8 Å². The molecule has 0 bridgehead atoms. The average Bonchev–Trinajstić information content (AvgIpc) is 3.04. The van der Waals surface area contributed by atoms with Gasteiger partial charge in [-0.25, -0.2) is 4.39 Å². The van der Waals surface area contributed by atoms with E-state index in [9.17, 15) is 19.1 Å². The average molecular weight is 429 g/mol. The van der Waals surface area contributed by atoms with Crippen molar-refractivity contribution in [1.29, 1.82) is 0 Å². The summed E-state index contributed by atoms with van der Waals surface area (Å²) in [5.41, 5.74) is 1.73. The molecule has 2 amide bonds. The number of aromatic nitrogens is 3. The molecule has 156 valence electrons. The molecule has 0 atom stereocenters. The number of phenolic OH excluding ortho intramolecular Hbond substituents is 1. The number of nitrogens with zero attached hydrogens (tertiary/aromatic N) is 3. The van der Waals surface area contributed by atoms with Gasteiger partial charge in [-0.2, -0.15) is 0 Å². The Morgan fingerprint density at radius 2 is 1.83 bits per heavy atom. The number of carbonyl (C=O) groups is 2. The molecule has 0 saturated carbocycles. The van der Waals surface area contributed by atoms with Crippen LogP contribution in [0.1, 0.15) is 11.4 Å². The van der Waals surface area contributed by atoms with Crippen LogP contribution in [0, 0.1) is 12.7 Å². The van der Waals surface area contributed by atoms with Crippen molar-refractivity contribution in [2.75, 3.05) is 16.4 Å². The van der Waals surface area contributed by atoms with Gasteiger partial charge in [-0.1, -0.05) is 17.8 Å². The number of carbonyl (C=O) groups excluding carboxylic acids is 2. The van der Waals surface area contributed by atoms with Crippen LogP contribution in [-0.2, 0) is 23.1 Å². The molecule has 1 aromatic heterocycles. The van der Waals surface area contributed by atoms with Crippen molar-refractivity contribution in [2.24, 2.45) is 7.05 Å². The second kappa shape index (κ2) is 9.40. The lowest BCUT2D eigenvalue weighted by molar-refractivity contribution is -0.116. The predicted octanol–water partition coefficient (Wildman–Crippen LogP) is 2.88. The Balaban J connectivity index is 1.54. The topological polar surface area (TPSA) is 109 Å². The molecule has 3 aromatic rings. The first-order chi connectivity index (χ1) is 14.3. The van der Waals surface area contributed by atoms with Gasteiger partial charge in [0.25, 0.3) is 0 Å². The smallest absolute Gasteiger partial charge is 0.234 e. The molecule has 8 nitrogen and oxygen atoms in total. The molecule has 30 heavy (non-hydrogen) atoms. The summed E-state index contributed by atoms with van der Waals surface area (Å²) in [7, 11) is 1.70. The van der Waals surface area contributed by atoms with Crippen LogP contribution in [0.2, 0.25) is 0 Å². The van der Waals surface area contributed by atoms with Crippen molar-refractivity contribution in [3.05, 3.63) is 59.7 Å². The minimum absolute atomic E-state index is 0.00735. The minimum atomic E-state index is -0.385. The maximum atomic E-state index is 12.9. The zero-order valence-corrected chi connectivity index (χ0v) is 17.2. The van der Waals surface area contributed by atoms with Crippen LogP contribution in [0.25, 0.3) is 0 Å². The van der Waals surface area contributed by atoms with Gasteiger partial charge in [0.1, 0.15) is 17.4 Å². The monoisotopic (exact) mass is 429 g/mol. The Morgan fingerprint density at radius 1 is 1.10 bits per heavy atom.